The lowest BCUT2D eigenvalue weighted by atomic mass is 9.64. The molecule has 2 rings (SSSR count). The number of nitrogens with zero attached hydrogens (tertiary/aromatic N) is 1. The van der Waals surface area contributed by atoms with Crippen molar-refractivity contribution in [1.82, 2.24) is 4.98 Å². The molecule has 5 heteroatoms. The molecule has 1 aliphatic rings. The van der Waals surface area contributed by atoms with Crippen molar-refractivity contribution < 1.29 is 4.74 Å². The van der Waals surface area contributed by atoms with Crippen LogP contribution >= 0.6 is 11.6 Å². The Hall–Kier alpha value is -1.00. The molecular formula is C13H20ClN3O. The summed E-state index contributed by atoms with van der Waals surface area (Å²) in [7, 11) is 0. The Bertz CT molecular complexity index is 416. The summed E-state index contributed by atoms with van der Waals surface area (Å²) in [5.74, 6) is 0.730. The van der Waals surface area contributed by atoms with E-state index in [1.165, 1.54) is 0 Å². The zero-order valence-corrected chi connectivity index (χ0v) is 11.8. The average molecular weight is 270 g/mol. The molecule has 0 aromatic carbocycles. The van der Waals surface area contributed by atoms with E-state index < -0.39 is 0 Å². The fraction of sp³-hybridized carbons (Fsp3) is 0.615. The lowest BCUT2D eigenvalue weighted by Crippen LogP contribution is -2.58. The standard InChI is InChI=1S/C13H20ClN3O/c1-4-18-10-7-9(13(10,2)3)16-12-6-8(15)5-11(14)17-12/h5-6,9-10H,4,7H2,1-3H3,(H3,15,16,17). The molecule has 100 valence electrons. The van der Waals surface area contributed by atoms with Crippen LogP contribution in [-0.2, 0) is 4.74 Å². The molecule has 0 spiro atoms. The van der Waals surface area contributed by atoms with Gasteiger partial charge in [-0.1, -0.05) is 25.4 Å². The van der Waals surface area contributed by atoms with Gasteiger partial charge < -0.3 is 15.8 Å². The van der Waals surface area contributed by atoms with Crippen molar-refractivity contribution in [2.24, 2.45) is 5.41 Å². The Labute approximate surface area is 113 Å². The molecule has 1 aromatic heterocycles. The van der Waals surface area contributed by atoms with E-state index in [1.54, 1.807) is 12.1 Å². The molecule has 1 fully saturated rings. The fourth-order valence-electron chi connectivity index (χ4n) is 2.38. The summed E-state index contributed by atoms with van der Waals surface area (Å²) in [6.45, 7) is 7.17. The van der Waals surface area contributed by atoms with Gasteiger partial charge in [0.2, 0.25) is 0 Å². The molecule has 1 aliphatic carbocycles. The number of hydrogen-bond acceptors (Lipinski definition) is 4. The molecule has 3 N–H and O–H groups in total. The number of nitrogen functional groups attached to an aromatic ring is 1. The van der Waals surface area contributed by atoms with E-state index in [0.717, 1.165) is 18.8 Å². The topological polar surface area (TPSA) is 60.2 Å². The predicted molar refractivity (Wildman–Crippen MR) is 74.9 cm³/mol. The SMILES string of the molecule is CCOC1CC(Nc2cc(N)cc(Cl)n2)C1(C)C. The number of ether oxygens (including phenoxy) is 1. The maximum absolute atomic E-state index is 5.89. The number of rotatable bonds is 4. The van der Waals surface area contributed by atoms with Crippen molar-refractivity contribution in [3.05, 3.63) is 17.3 Å². The van der Waals surface area contributed by atoms with Crippen LogP contribution in [-0.4, -0.2) is 23.7 Å². The fourth-order valence-corrected chi connectivity index (χ4v) is 2.60. The molecular weight excluding hydrogens is 250 g/mol. The lowest BCUT2D eigenvalue weighted by Gasteiger charge is -2.51. The summed E-state index contributed by atoms with van der Waals surface area (Å²) >= 11 is 5.89. The average Bonchev–Trinajstić information content (AvgIpc) is 2.26. The molecule has 0 radical (unpaired) electrons. The molecule has 1 heterocycles. The Morgan fingerprint density at radius 2 is 2.28 bits per heavy atom. The Balaban J connectivity index is 2.03. The van der Waals surface area contributed by atoms with Gasteiger partial charge in [-0.05, 0) is 19.4 Å². The summed E-state index contributed by atoms with van der Waals surface area (Å²) < 4.78 is 5.70. The van der Waals surface area contributed by atoms with Crippen molar-refractivity contribution in [2.75, 3.05) is 17.7 Å². The number of nitrogens with one attached hydrogen (secondary N) is 1. The summed E-state index contributed by atoms with van der Waals surface area (Å²) in [5, 5.41) is 3.80. The summed E-state index contributed by atoms with van der Waals surface area (Å²) in [5.41, 5.74) is 6.46. The monoisotopic (exact) mass is 269 g/mol. The minimum atomic E-state index is 0.0920. The van der Waals surface area contributed by atoms with Gasteiger partial charge in [0, 0.05) is 29.8 Å². The molecule has 0 bridgehead atoms. The van der Waals surface area contributed by atoms with Crippen LogP contribution in [0.2, 0.25) is 5.15 Å². The minimum Gasteiger partial charge on any atom is -0.399 e. The third-order valence-electron chi connectivity index (χ3n) is 3.68. The van der Waals surface area contributed by atoms with Gasteiger partial charge in [-0.3, -0.25) is 0 Å². The summed E-state index contributed by atoms with van der Waals surface area (Å²) in [4.78, 5) is 4.23. The molecule has 2 atom stereocenters. The highest BCUT2D eigenvalue weighted by molar-refractivity contribution is 6.29. The largest absolute Gasteiger partial charge is 0.399 e. The molecule has 1 saturated carbocycles. The number of halogens is 1. The molecule has 4 nitrogen and oxygen atoms in total. The smallest absolute Gasteiger partial charge is 0.133 e. The first kappa shape index (κ1) is 13.4. The van der Waals surface area contributed by atoms with Crippen LogP contribution in [0.25, 0.3) is 0 Å². The second kappa shape index (κ2) is 4.94. The molecule has 0 saturated heterocycles. The predicted octanol–water partition coefficient (Wildman–Crippen LogP) is 2.93. The van der Waals surface area contributed by atoms with Crippen LogP contribution in [0.4, 0.5) is 11.5 Å². The number of pyridine rings is 1. The third kappa shape index (κ3) is 2.54. The van der Waals surface area contributed by atoms with Crippen LogP contribution in [0.1, 0.15) is 27.2 Å². The maximum atomic E-state index is 5.89. The van der Waals surface area contributed by atoms with Gasteiger partial charge in [-0.15, -0.1) is 0 Å². The van der Waals surface area contributed by atoms with Gasteiger partial charge in [-0.2, -0.15) is 0 Å². The lowest BCUT2D eigenvalue weighted by molar-refractivity contribution is -0.0976. The van der Waals surface area contributed by atoms with Crippen LogP contribution in [0.5, 0.6) is 0 Å². The van der Waals surface area contributed by atoms with Crippen LogP contribution in [0.3, 0.4) is 0 Å². The van der Waals surface area contributed by atoms with E-state index in [9.17, 15) is 0 Å². The highest BCUT2D eigenvalue weighted by Crippen LogP contribution is 2.44. The van der Waals surface area contributed by atoms with Gasteiger partial charge in [0.25, 0.3) is 0 Å². The van der Waals surface area contributed by atoms with E-state index in [-0.39, 0.29) is 5.41 Å². The van der Waals surface area contributed by atoms with Gasteiger partial charge in [0.1, 0.15) is 11.0 Å². The Morgan fingerprint density at radius 1 is 1.56 bits per heavy atom. The minimum absolute atomic E-state index is 0.0920. The molecule has 0 amide bonds. The number of nitrogens with two attached hydrogens (primary N) is 1. The van der Waals surface area contributed by atoms with E-state index in [2.05, 4.69) is 24.1 Å². The van der Waals surface area contributed by atoms with Gasteiger partial charge >= 0.3 is 0 Å². The summed E-state index contributed by atoms with van der Waals surface area (Å²) in [6.07, 6.45) is 1.28. The quantitative estimate of drug-likeness (QED) is 0.825. The van der Waals surface area contributed by atoms with E-state index in [1.807, 2.05) is 6.92 Å². The highest BCUT2D eigenvalue weighted by Gasteiger charge is 2.49. The van der Waals surface area contributed by atoms with Crippen LogP contribution in [0.15, 0.2) is 12.1 Å². The van der Waals surface area contributed by atoms with Crippen LogP contribution in [0, 0.1) is 5.41 Å². The summed E-state index contributed by atoms with van der Waals surface area (Å²) in [6, 6.07) is 3.77. The van der Waals surface area contributed by atoms with Crippen LogP contribution < -0.4 is 11.1 Å². The Kier molecular flexibility index (Phi) is 3.69. The van der Waals surface area contributed by atoms with Crippen molar-refractivity contribution in [3.8, 4) is 0 Å². The Morgan fingerprint density at radius 3 is 2.83 bits per heavy atom. The molecule has 0 aliphatic heterocycles. The third-order valence-corrected chi connectivity index (χ3v) is 3.88. The second-order valence-electron chi connectivity index (χ2n) is 5.31. The number of anilines is 2. The zero-order chi connectivity index (χ0) is 13.3. The van der Waals surface area contributed by atoms with Gasteiger partial charge in [0.05, 0.1) is 6.10 Å². The second-order valence-corrected chi connectivity index (χ2v) is 5.69. The number of hydrogen-bond donors (Lipinski definition) is 2. The van der Waals surface area contributed by atoms with Crippen molar-refractivity contribution in [3.63, 3.8) is 0 Å². The van der Waals surface area contributed by atoms with E-state index in [0.29, 0.717) is 23.0 Å². The molecule has 2 unspecified atom stereocenters. The highest BCUT2D eigenvalue weighted by atomic mass is 35.5. The van der Waals surface area contributed by atoms with Gasteiger partial charge in [0.15, 0.2) is 0 Å². The van der Waals surface area contributed by atoms with E-state index >= 15 is 0 Å². The first-order valence-electron chi connectivity index (χ1n) is 6.24. The first-order valence-corrected chi connectivity index (χ1v) is 6.62. The van der Waals surface area contributed by atoms with Crippen molar-refractivity contribution in [1.29, 1.82) is 0 Å². The van der Waals surface area contributed by atoms with Gasteiger partial charge in [-0.25, -0.2) is 4.98 Å². The maximum Gasteiger partial charge on any atom is 0.133 e. The zero-order valence-electron chi connectivity index (χ0n) is 11.0. The van der Waals surface area contributed by atoms with Crippen molar-refractivity contribution in [2.45, 2.75) is 39.3 Å². The normalized spacial score (nSPS) is 25.6. The molecule has 1 aromatic rings. The molecule has 18 heavy (non-hydrogen) atoms. The van der Waals surface area contributed by atoms with Crippen molar-refractivity contribution >= 4 is 23.1 Å². The first-order chi connectivity index (χ1) is 8.43. The number of aromatic nitrogens is 1. The van der Waals surface area contributed by atoms with E-state index in [4.69, 9.17) is 22.1 Å².